The molecular weight excluding hydrogens is 311 g/mol. The highest BCUT2D eigenvalue weighted by Crippen LogP contribution is 2.32. The number of amides is 1. The lowest BCUT2D eigenvalue weighted by molar-refractivity contribution is -0.133. The van der Waals surface area contributed by atoms with E-state index in [4.69, 9.17) is 0 Å². The molecule has 0 aliphatic carbocycles. The molecule has 1 aliphatic rings. The van der Waals surface area contributed by atoms with Gasteiger partial charge < -0.3 is 14.6 Å². The fraction of sp³-hybridized carbons (Fsp3) is 0.333. The van der Waals surface area contributed by atoms with Crippen molar-refractivity contribution >= 4 is 5.91 Å². The molecular formula is C18H19FN2O3. The van der Waals surface area contributed by atoms with Gasteiger partial charge in [0.2, 0.25) is 5.91 Å². The zero-order valence-electron chi connectivity index (χ0n) is 13.4. The lowest BCUT2D eigenvalue weighted by Gasteiger charge is -2.25. The van der Waals surface area contributed by atoms with Gasteiger partial charge in [0.05, 0.1) is 12.1 Å². The quantitative estimate of drug-likeness (QED) is 0.930. The van der Waals surface area contributed by atoms with Crippen LogP contribution in [0, 0.1) is 12.7 Å². The average molecular weight is 330 g/mol. The van der Waals surface area contributed by atoms with E-state index in [0.717, 1.165) is 0 Å². The van der Waals surface area contributed by atoms with E-state index in [1.165, 1.54) is 21.6 Å². The Morgan fingerprint density at radius 3 is 2.88 bits per heavy atom. The Hall–Kier alpha value is -2.47. The highest BCUT2D eigenvalue weighted by Gasteiger charge is 2.35. The van der Waals surface area contributed by atoms with Crippen LogP contribution in [0.3, 0.4) is 0 Å². The Kier molecular flexibility index (Phi) is 4.49. The molecule has 1 saturated heterocycles. The van der Waals surface area contributed by atoms with E-state index in [9.17, 15) is 19.1 Å². The second-order valence-electron chi connectivity index (χ2n) is 6.13. The molecule has 1 aromatic heterocycles. The topological polar surface area (TPSA) is 62.5 Å². The zero-order chi connectivity index (χ0) is 17.3. The Morgan fingerprint density at radius 1 is 1.33 bits per heavy atom. The van der Waals surface area contributed by atoms with E-state index in [1.54, 1.807) is 37.4 Å². The molecule has 5 nitrogen and oxygen atoms in total. The van der Waals surface area contributed by atoms with E-state index < -0.39 is 6.10 Å². The van der Waals surface area contributed by atoms with Crippen LogP contribution in [0.4, 0.5) is 4.39 Å². The third-order valence-electron chi connectivity index (χ3n) is 4.35. The number of nitrogens with zero attached hydrogens (tertiary/aromatic N) is 2. The molecule has 3 rings (SSSR count). The van der Waals surface area contributed by atoms with Gasteiger partial charge in [-0.2, -0.15) is 0 Å². The first kappa shape index (κ1) is 16.4. The maximum Gasteiger partial charge on any atom is 0.253 e. The van der Waals surface area contributed by atoms with Crippen LogP contribution >= 0.6 is 0 Å². The van der Waals surface area contributed by atoms with E-state index in [1.807, 2.05) is 0 Å². The number of β-amino-alcohol motifs (C(OH)–C–C–N with tert-alkyl or cyclic N) is 1. The highest BCUT2D eigenvalue weighted by molar-refractivity contribution is 5.77. The summed E-state index contributed by atoms with van der Waals surface area (Å²) in [6.45, 7) is 1.78. The summed E-state index contributed by atoms with van der Waals surface area (Å²) in [5.74, 6) is -0.648. The normalized spacial score (nSPS) is 20.4. The first-order valence-corrected chi connectivity index (χ1v) is 7.85. The van der Waals surface area contributed by atoms with Gasteiger partial charge in [-0.3, -0.25) is 9.59 Å². The zero-order valence-corrected chi connectivity index (χ0v) is 13.4. The second kappa shape index (κ2) is 6.57. The van der Waals surface area contributed by atoms with Crippen molar-refractivity contribution in [2.45, 2.75) is 32.0 Å². The molecule has 24 heavy (non-hydrogen) atoms. The number of carbonyl (C=O) groups is 1. The summed E-state index contributed by atoms with van der Waals surface area (Å²) in [5, 5.41) is 9.96. The minimum absolute atomic E-state index is 0.0982. The van der Waals surface area contributed by atoms with Crippen molar-refractivity contribution in [1.29, 1.82) is 0 Å². The second-order valence-corrected chi connectivity index (χ2v) is 6.13. The molecule has 0 saturated carbocycles. The van der Waals surface area contributed by atoms with Gasteiger partial charge in [0.15, 0.2) is 0 Å². The third kappa shape index (κ3) is 3.23. The number of carbonyl (C=O) groups excluding carboxylic acids is 1. The predicted octanol–water partition coefficient (Wildman–Crippen LogP) is 1.63. The van der Waals surface area contributed by atoms with E-state index in [2.05, 4.69) is 0 Å². The Balaban J connectivity index is 1.84. The van der Waals surface area contributed by atoms with Crippen molar-refractivity contribution in [3.63, 3.8) is 0 Å². The summed E-state index contributed by atoms with van der Waals surface area (Å²) in [6.07, 6.45) is 1.27. The number of pyridine rings is 1. The van der Waals surface area contributed by atoms with Crippen molar-refractivity contribution in [3.05, 3.63) is 69.9 Å². The van der Waals surface area contributed by atoms with E-state index in [-0.39, 0.29) is 36.4 Å². The van der Waals surface area contributed by atoms with Gasteiger partial charge >= 0.3 is 0 Å². The largest absolute Gasteiger partial charge is 0.391 e. The van der Waals surface area contributed by atoms with E-state index in [0.29, 0.717) is 17.5 Å². The summed E-state index contributed by atoms with van der Waals surface area (Å²) in [7, 11) is 0. The Labute approximate surface area is 139 Å². The molecule has 126 valence electrons. The van der Waals surface area contributed by atoms with Crippen molar-refractivity contribution in [2.24, 2.45) is 0 Å². The number of hydrogen-bond donors (Lipinski definition) is 1. The van der Waals surface area contributed by atoms with Crippen LogP contribution in [0.25, 0.3) is 0 Å². The summed E-state index contributed by atoms with van der Waals surface area (Å²) in [6, 6.07) is 9.07. The standard InChI is InChI=1S/C18H19FN2O3/c1-12-4-3-7-20(18(12)24)11-17(23)21-10-15(22)9-16(21)13-5-2-6-14(19)8-13/h2-8,15-16,22H,9-11H2,1H3/t15-,16-/m1/s1. The van der Waals surface area contributed by atoms with Gasteiger partial charge in [-0.15, -0.1) is 0 Å². The molecule has 1 N–H and O–H groups in total. The number of aliphatic hydroxyl groups is 1. The molecule has 0 unspecified atom stereocenters. The van der Waals surface area contributed by atoms with E-state index >= 15 is 0 Å². The number of aliphatic hydroxyl groups excluding tert-OH is 1. The van der Waals surface area contributed by atoms with Gasteiger partial charge in [0.1, 0.15) is 12.4 Å². The molecule has 1 aromatic carbocycles. The van der Waals surface area contributed by atoms with Crippen LogP contribution < -0.4 is 5.56 Å². The molecule has 0 bridgehead atoms. The molecule has 6 heteroatoms. The number of hydrogen-bond acceptors (Lipinski definition) is 3. The minimum Gasteiger partial charge on any atom is -0.391 e. The van der Waals surface area contributed by atoms with Crippen LogP contribution in [0.1, 0.15) is 23.6 Å². The molecule has 0 spiro atoms. The Bertz CT molecular complexity index is 818. The van der Waals surface area contributed by atoms with Crippen LogP contribution in [-0.2, 0) is 11.3 Å². The van der Waals surface area contributed by atoms with Crippen molar-refractivity contribution in [1.82, 2.24) is 9.47 Å². The molecule has 1 fully saturated rings. The van der Waals surface area contributed by atoms with Crippen LogP contribution in [-0.4, -0.2) is 33.1 Å². The Morgan fingerprint density at radius 2 is 2.12 bits per heavy atom. The number of rotatable bonds is 3. The molecule has 2 atom stereocenters. The molecule has 2 heterocycles. The molecule has 0 radical (unpaired) electrons. The number of halogens is 1. The third-order valence-corrected chi connectivity index (χ3v) is 4.35. The maximum atomic E-state index is 13.5. The SMILES string of the molecule is Cc1cccn(CC(=O)N2C[C@H](O)C[C@@H]2c2cccc(F)c2)c1=O. The first-order chi connectivity index (χ1) is 11.5. The highest BCUT2D eigenvalue weighted by atomic mass is 19.1. The lowest BCUT2D eigenvalue weighted by atomic mass is 10.0. The first-order valence-electron chi connectivity index (χ1n) is 7.85. The number of benzene rings is 1. The van der Waals surface area contributed by atoms with Crippen LogP contribution in [0.2, 0.25) is 0 Å². The lowest BCUT2D eigenvalue weighted by Crippen LogP contribution is -2.37. The molecule has 2 aromatic rings. The summed E-state index contributed by atoms with van der Waals surface area (Å²) >= 11 is 0. The van der Waals surface area contributed by atoms with Gasteiger partial charge in [0.25, 0.3) is 5.56 Å². The molecule has 1 aliphatic heterocycles. The summed E-state index contributed by atoms with van der Waals surface area (Å²) in [4.78, 5) is 26.2. The van der Waals surface area contributed by atoms with Crippen molar-refractivity contribution in [2.75, 3.05) is 6.54 Å². The van der Waals surface area contributed by atoms with Gasteiger partial charge in [-0.1, -0.05) is 18.2 Å². The predicted molar refractivity (Wildman–Crippen MR) is 86.9 cm³/mol. The summed E-state index contributed by atoms with van der Waals surface area (Å²) in [5.41, 5.74) is 0.998. The van der Waals surface area contributed by atoms with Crippen LogP contribution in [0.15, 0.2) is 47.4 Å². The number of likely N-dealkylation sites (tertiary alicyclic amines) is 1. The molecule has 1 amide bonds. The van der Waals surface area contributed by atoms with Crippen molar-refractivity contribution < 1.29 is 14.3 Å². The van der Waals surface area contributed by atoms with Gasteiger partial charge in [-0.05, 0) is 37.1 Å². The van der Waals surface area contributed by atoms with Crippen LogP contribution in [0.5, 0.6) is 0 Å². The summed E-state index contributed by atoms with van der Waals surface area (Å²) < 4.78 is 14.8. The fourth-order valence-electron chi connectivity index (χ4n) is 3.14. The monoisotopic (exact) mass is 330 g/mol. The van der Waals surface area contributed by atoms with Gasteiger partial charge in [-0.25, -0.2) is 4.39 Å². The van der Waals surface area contributed by atoms with Crippen molar-refractivity contribution in [3.8, 4) is 0 Å². The van der Waals surface area contributed by atoms with Gasteiger partial charge in [0, 0.05) is 18.3 Å². The minimum atomic E-state index is -0.656. The maximum absolute atomic E-state index is 13.5. The number of aryl methyl sites for hydroxylation is 1. The average Bonchev–Trinajstić information content (AvgIpc) is 2.94. The number of aromatic nitrogens is 1. The fourth-order valence-corrected chi connectivity index (χ4v) is 3.14. The smallest absolute Gasteiger partial charge is 0.253 e.